The Hall–Kier alpha value is -7.28. The summed E-state index contributed by atoms with van der Waals surface area (Å²) in [6, 6.07) is 41.6. The van der Waals surface area contributed by atoms with E-state index in [4.69, 9.17) is 18.9 Å². The number of esters is 3. The highest BCUT2D eigenvalue weighted by molar-refractivity contribution is 5.91. The van der Waals surface area contributed by atoms with Crippen molar-refractivity contribution in [2.45, 2.75) is 243 Å². The average Bonchev–Trinajstić information content (AvgIpc) is 0.797. The minimum absolute atomic E-state index is 0.0642. The number of hydrogen-bond acceptors (Lipinski definition) is 13. The largest absolute Gasteiger partial charge is 0.494 e. The summed E-state index contributed by atoms with van der Waals surface area (Å²) in [5, 5.41) is 18.1. The molecule has 0 amide bonds. The average molecular weight is 1360 g/mol. The predicted octanol–water partition coefficient (Wildman–Crippen LogP) is 21.6. The Morgan fingerprint density at radius 3 is 1.42 bits per heavy atom. The number of benzene rings is 5. The van der Waals surface area contributed by atoms with Gasteiger partial charge in [0.25, 0.3) is 0 Å². The lowest BCUT2D eigenvalue weighted by molar-refractivity contribution is -0.154. The summed E-state index contributed by atoms with van der Waals surface area (Å²) < 4.78 is 22.5. The summed E-state index contributed by atoms with van der Waals surface area (Å²) in [6.45, 7) is 54.3. The molecule has 0 saturated heterocycles. The number of allylic oxidation sites excluding steroid dienone is 1. The molecule has 1 fully saturated rings. The van der Waals surface area contributed by atoms with E-state index < -0.39 is 5.41 Å². The highest BCUT2D eigenvalue weighted by Crippen LogP contribution is 2.37. The normalized spacial score (nSPS) is 15.1. The third-order valence-electron chi connectivity index (χ3n) is 16.3. The molecule has 5 aromatic rings. The van der Waals surface area contributed by atoms with E-state index in [2.05, 4.69) is 231 Å². The summed E-state index contributed by atoms with van der Waals surface area (Å²) in [5.41, 5.74) is 18.2. The fourth-order valence-electron chi connectivity index (χ4n) is 10.6. The van der Waals surface area contributed by atoms with Gasteiger partial charge in [-0.2, -0.15) is 5.10 Å². The number of nitrogens with zero attached hydrogens (tertiary/aromatic N) is 1. The van der Waals surface area contributed by atoms with Crippen molar-refractivity contribution in [3.05, 3.63) is 155 Å². The SMILES string of the molecule is CC(C)(C)CNc1ccc(CC(C)(C)C)cc1.CC(C)(C)CNc1ccc(COC(=O)C(C)(C)C)cc1.CC(C)CCC(=O)OCc1ccc(NCC(C)C)cc1.CC1=NNC(c2ccc(OCCC(C)(C)C)cc2)=C2CCCC(OC(=O)CNc3ccc(CC(C)(C)C)cc3)CCC12. The summed E-state index contributed by atoms with van der Waals surface area (Å²) in [4.78, 5) is 35.9. The molecule has 99 heavy (non-hydrogen) atoms. The van der Waals surface area contributed by atoms with Crippen molar-refractivity contribution in [3.8, 4) is 5.75 Å². The van der Waals surface area contributed by atoms with Crippen LogP contribution in [0.5, 0.6) is 5.75 Å². The van der Waals surface area contributed by atoms with Crippen LogP contribution in [0.2, 0.25) is 0 Å². The van der Waals surface area contributed by atoms with Gasteiger partial charge in [0.1, 0.15) is 31.6 Å². The van der Waals surface area contributed by atoms with E-state index in [0.717, 1.165) is 128 Å². The van der Waals surface area contributed by atoms with Gasteiger partial charge in [-0.25, -0.2) is 0 Å². The highest BCUT2D eigenvalue weighted by Gasteiger charge is 2.30. The molecule has 2 atom stereocenters. The van der Waals surface area contributed by atoms with Gasteiger partial charge < -0.3 is 40.2 Å². The van der Waals surface area contributed by atoms with Gasteiger partial charge in [-0.1, -0.05) is 180 Å². The molecule has 2 aliphatic rings. The van der Waals surface area contributed by atoms with Crippen LogP contribution in [0.1, 0.15) is 238 Å². The molecular weight excluding hydrogens is 1230 g/mol. The third-order valence-corrected chi connectivity index (χ3v) is 16.3. The number of carbonyl (C=O) groups excluding carboxylic acids is 3. The van der Waals surface area contributed by atoms with Gasteiger partial charge in [0.15, 0.2) is 0 Å². The van der Waals surface area contributed by atoms with Gasteiger partial charge in [0.2, 0.25) is 0 Å². The van der Waals surface area contributed by atoms with Crippen LogP contribution in [0.15, 0.2) is 132 Å². The van der Waals surface area contributed by atoms with Crippen LogP contribution in [-0.2, 0) is 54.6 Å². The van der Waals surface area contributed by atoms with E-state index in [0.29, 0.717) is 48.9 Å². The van der Waals surface area contributed by atoms with E-state index in [1.54, 1.807) is 0 Å². The number of hydrazone groups is 1. The topological polar surface area (TPSA) is 161 Å². The lowest BCUT2D eigenvalue weighted by Gasteiger charge is -2.32. The maximum atomic E-state index is 12.7. The molecular formula is C86H132N6O7. The molecule has 0 spiro atoms. The van der Waals surface area contributed by atoms with Crippen LogP contribution in [0.25, 0.3) is 5.70 Å². The van der Waals surface area contributed by atoms with Crippen molar-refractivity contribution < 1.29 is 33.3 Å². The van der Waals surface area contributed by atoms with E-state index in [1.807, 2.05) is 81.4 Å². The Morgan fingerprint density at radius 2 is 0.980 bits per heavy atom. The van der Waals surface area contributed by atoms with Crippen molar-refractivity contribution in [1.29, 1.82) is 0 Å². The number of nitrogens with one attached hydrogen (secondary N) is 5. The smallest absolute Gasteiger partial charge is 0.325 e. The highest BCUT2D eigenvalue weighted by atomic mass is 16.5. The van der Waals surface area contributed by atoms with Crippen LogP contribution in [-0.4, -0.2) is 62.5 Å². The molecule has 13 heteroatoms. The number of hydrogen-bond donors (Lipinski definition) is 5. The minimum atomic E-state index is -0.450. The van der Waals surface area contributed by atoms with Crippen molar-refractivity contribution in [2.24, 2.45) is 55.3 Å². The molecule has 1 aliphatic heterocycles. The zero-order valence-corrected chi connectivity index (χ0v) is 65.7. The lowest BCUT2D eigenvalue weighted by Crippen LogP contribution is -2.31. The predicted molar refractivity (Wildman–Crippen MR) is 419 cm³/mol. The molecule has 0 bridgehead atoms. The van der Waals surface area contributed by atoms with Gasteiger partial charge in [-0.3, -0.25) is 19.8 Å². The van der Waals surface area contributed by atoms with E-state index in [-0.39, 0.29) is 52.7 Å². The van der Waals surface area contributed by atoms with Gasteiger partial charge in [0.05, 0.1) is 17.7 Å². The second-order valence-corrected chi connectivity index (χ2v) is 35.2. The fraction of sp³-hybridized carbons (Fsp3) is 0.581. The summed E-state index contributed by atoms with van der Waals surface area (Å²) in [6.07, 6.45) is 9.05. The summed E-state index contributed by atoms with van der Waals surface area (Å²) in [7, 11) is 0. The maximum Gasteiger partial charge on any atom is 0.325 e. The molecule has 1 saturated carbocycles. The van der Waals surface area contributed by atoms with Crippen molar-refractivity contribution >= 4 is 52.1 Å². The zero-order chi connectivity index (χ0) is 73.8. The van der Waals surface area contributed by atoms with Gasteiger partial charge in [-0.05, 0) is 231 Å². The molecule has 1 aliphatic carbocycles. The molecule has 5 aromatic carbocycles. The van der Waals surface area contributed by atoms with Gasteiger partial charge in [0, 0.05) is 60.4 Å². The van der Waals surface area contributed by atoms with Crippen LogP contribution < -0.4 is 31.4 Å². The van der Waals surface area contributed by atoms with E-state index in [1.165, 1.54) is 22.4 Å². The number of rotatable bonds is 24. The van der Waals surface area contributed by atoms with E-state index >= 15 is 0 Å². The first-order chi connectivity index (χ1) is 46.1. The number of carbonyl (C=O) groups is 3. The molecule has 7 rings (SSSR count). The molecule has 548 valence electrons. The van der Waals surface area contributed by atoms with Crippen molar-refractivity contribution in [3.63, 3.8) is 0 Å². The van der Waals surface area contributed by atoms with Crippen LogP contribution in [0.3, 0.4) is 0 Å². The van der Waals surface area contributed by atoms with Gasteiger partial charge in [-0.15, -0.1) is 0 Å². The molecule has 0 aromatic heterocycles. The lowest BCUT2D eigenvalue weighted by atomic mass is 9.80. The Balaban J connectivity index is 0.000000307. The summed E-state index contributed by atoms with van der Waals surface area (Å²) >= 11 is 0. The molecule has 5 N–H and O–H groups in total. The first kappa shape index (κ1) is 84.1. The third kappa shape index (κ3) is 37.1. The monoisotopic (exact) mass is 1360 g/mol. The van der Waals surface area contributed by atoms with Crippen LogP contribution in [0.4, 0.5) is 22.7 Å². The van der Waals surface area contributed by atoms with Crippen molar-refractivity contribution in [2.75, 3.05) is 54.1 Å². The molecule has 1 heterocycles. The van der Waals surface area contributed by atoms with Crippen molar-refractivity contribution in [1.82, 2.24) is 5.43 Å². The van der Waals surface area contributed by atoms with Crippen LogP contribution >= 0.6 is 0 Å². The molecule has 0 radical (unpaired) electrons. The molecule has 2 unspecified atom stereocenters. The maximum absolute atomic E-state index is 12.7. The Bertz CT molecular complexity index is 3230. The standard InChI is InChI=1S/C36H51N3O3.2C17H27NO2.C16H27N/c1-25-31-20-19-30(42-33(40)24-37-28-15-11-26(12-16-28)23-36(5,6)7)9-8-10-32(31)34(39-38-25)27-13-17-29(18-14-27)41-22-21-35(2,3)4;1-16(2,3)12-18-14-9-7-13(8-10-14)11-20-15(19)17(4,5)6;1-13(2)5-10-17(19)20-12-15-6-8-16(9-7-15)18-11-14(3)4;1-15(2,3)11-13-7-9-14(10-8-13)17-12-16(4,5)6/h11-18,30-31,37,39H,8-10,19-24H2,1-7H3;7-10,18H,11-12H2,1-6H3;6-9,13-14,18H,5,10-12H2,1-4H3;7-10,17H,11-12H2,1-6H3. The van der Waals surface area contributed by atoms with Gasteiger partial charge >= 0.3 is 17.9 Å². The Kier molecular flexibility index (Phi) is 33.7. The fourth-order valence-corrected chi connectivity index (χ4v) is 10.6. The summed E-state index contributed by atoms with van der Waals surface area (Å²) in [5.74, 6) is 1.83. The quantitative estimate of drug-likeness (QED) is 0.0294. The first-order valence-corrected chi connectivity index (χ1v) is 36.7. The number of ether oxygens (including phenoxy) is 4. The van der Waals surface area contributed by atoms with E-state index in [9.17, 15) is 14.4 Å². The second-order valence-electron chi connectivity index (χ2n) is 35.2. The Labute approximate surface area is 600 Å². The number of anilines is 4. The minimum Gasteiger partial charge on any atom is -0.494 e. The Morgan fingerprint density at radius 1 is 0.515 bits per heavy atom. The number of fused-ring (bicyclic) bond motifs is 1. The molecule has 13 nitrogen and oxygen atoms in total. The second kappa shape index (κ2) is 39.6. The first-order valence-electron chi connectivity index (χ1n) is 36.7. The van der Waals surface area contributed by atoms with Crippen LogP contribution in [0, 0.1) is 50.2 Å². The zero-order valence-electron chi connectivity index (χ0n) is 65.7.